The number of halogens is 1. The second kappa shape index (κ2) is 7.47. The normalized spacial score (nSPS) is 21.9. The van der Waals surface area contributed by atoms with Crippen LogP contribution in [0.1, 0.15) is 26.7 Å². The molecule has 1 unspecified atom stereocenters. The maximum absolute atomic E-state index is 12.2. The van der Waals surface area contributed by atoms with Crippen LogP contribution in [-0.2, 0) is 19.1 Å². The van der Waals surface area contributed by atoms with Crippen LogP contribution in [-0.4, -0.2) is 54.9 Å². The summed E-state index contributed by atoms with van der Waals surface area (Å²) in [6.07, 6.45) is 0.199. The molecule has 1 aliphatic heterocycles. The van der Waals surface area contributed by atoms with E-state index in [1.54, 1.807) is 13.8 Å². The molecule has 1 aliphatic rings. The lowest BCUT2D eigenvalue weighted by molar-refractivity contribution is -0.158. The van der Waals surface area contributed by atoms with Gasteiger partial charge < -0.3 is 9.47 Å². The highest BCUT2D eigenvalue weighted by Crippen LogP contribution is 2.34. The van der Waals surface area contributed by atoms with Crippen molar-refractivity contribution in [1.29, 1.82) is 0 Å². The highest BCUT2D eigenvalue weighted by atomic mass is 35.5. The molecule has 0 radical (unpaired) electrons. The molecule has 0 N–H and O–H groups in total. The zero-order valence-corrected chi connectivity index (χ0v) is 12.6. The van der Waals surface area contributed by atoms with Gasteiger partial charge in [0.05, 0.1) is 19.8 Å². The summed E-state index contributed by atoms with van der Waals surface area (Å²) < 4.78 is 9.87. The van der Waals surface area contributed by atoms with Crippen LogP contribution in [0.5, 0.6) is 0 Å². The first kappa shape index (κ1) is 16.8. The maximum atomic E-state index is 12.2. The maximum Gasteiger partial charge on any atom is 0.410 e. The number of esters is 1. The highest BCUT2D eigenvalue weighted by molar-refractivity contribution is 6.18. The standard InChI is InChI=1S/C13H20ClNO5/c1-3-19-11(17)13(6-5-7-14)9-15(8-10(13)16)12(18)20-4-2/h3-9H2,1-2H3. The molecule has 0 aromatic heterocycles. The van der Waals surface area contributed by atoms with E-state index in [1.165, 1.54) is 4.90 Å². The number of ether oxygens (including phenoxy) is 2. The number of carbonyl (C=O) groups is 3. The zero-order valence-electron chi connectivity index (χ0n) is 11.8. The molecular formula is C13H20ClNO5. The molecule has 20 heavy (non-hydrogen) atoms. The predicted molar refractivity (Wildman–Crippen MR) is 72.6 cm³/mol. The number of hydrogen-bond acceptors (Lipinski definition) is 5. The van der Waals surface area contributed by atoms with Crippen molar-refractivity contribution in [2.45, 2.75) is 26.7 Å². The molecule has 1 fully saturated rings. The number of amides is 1. The largest absolute Gasteiger partial charge is 0.465 e. The van der Waals surface area contributed by atoms with Crippen molar-refractivity contribution >= 4 is 29.4 Å². The summed E-state index contributed by atoms with van der Waals surface area (Å²) in [5.41, 5.74) is -1.29. The van der Waals surface area contributed by atoms with Crippen LogP contribution in [0.15, 0.2) is 0 Å². The number of alkyl halides is 1. The van der Waals surface area contributed by atoms with Crippen LogP contribution in [0, 0.1) is 5.41 Å². The van der Waals surface area contributed by atoms with E-state index in [9.17, 15) is 14.4 Å². The minimum Gasteiger partial charge on any atom is -0.465 e. The first-order valence-electron chi connectivity index (χ1n) is 6.70. The molecule has 0 aromatic carbocycles. The van der Waals surface area contributed by atoms with Crippen molar-refractivity contribution in [3.05, 3.63) is 0 Å². The summed E-state index contributed by atoms with van der Waals surface area (Å²) in [5, 5.41) is 0. The zero-order chi connectivity index (χ0) is 15.2. The Labute approximate surface area is 123 Å². The lowest BCUT2D eigenvalue weighted by atomic mass is 9.81. The van der Waals surface area contributed by atoms with E-state index in [0.717, 1.165) is 0 Å². The molecule has 1 amide bonds. The van der Waals surface area contributed by atoms with Crippen LogP contribution in [0.4, 0.5) is 4.79 Å². The fraction of sp³-hybridized carbons (Fsp3) is 0.769. The average molecular weight is 306 g/mol. The molecule has 1 heterocycles. The second-order valence-electron chi connectivity index (χ2n) is 4.57. The SMILES string of the molecule is CCOC(=O)N1CC(=O)C(CCCCl)(C(=O)OCC)C1. The molecule has 1 saturated heterocycles. The van der Waals surface area contributed by atoms with Gasteiger partial charge in [-0.15, -0.1) is 11.6 Å². The topological polar surface area (TPSA) is 72.9 Å². The number of likely N-dealkylation sites (tertiary alicyclic amines) is 1. The van der Waals surface area contributed by atoms with Gasteiger partial charge in [0.25, 0.3) is 0 Å². The lowest BCUT2D eigenvalue weighted by Gasteiger charge is -2.24. The minimum atomic E-state index is -1.29. The Balaban J connectivity index is 2.90. The molecule has 1 rings (SSSR count). The summed E-state index contributed by atoms with van der Waals surface area (Å²) >= 11 is 5.65. The van der Waals surface area contributed by atoms with Crippen LogP contribution >= 0.6 is 11.6 Å². The molecule has 6 nitrogen and oxygen atoms in total. The average Bonchev–Trinajstić information content (AvgIpc) is 2.75. The summed E-state index contributed by atoms with van der Waals surface area (Å²) in [5.74, 6) is -0.551. The summed E-state index contributed by atoms with van der Waals surface area (Å²) in [7, 11) is 0. The fourth-order valence-electron chi connectivity index (χ4n) is 2.28. The molecule has 0 saturated carbocycles. The van der Waals surface area contributed by atoms with Crippen molar-refractivity contribution in [2.24, 2.45) is 5.41 Å². The third-order valence-corrected chi connectivity index (χ3v) is 3.53. The van der Waals surface area contributed by atoms with Crippen molar-refractivity contribution in [1.82, 2.24) is 4.90 Å². The number of rotatable bonds is 6. The van der Waals surface area contributed by atoms with Crippen molar-refractivity contribution < 1.29 is 23.9 Å². The Morgan fingerprint density at radius 2 is 1.95 bits per heavy atom. The van der Waals surface area contributed by atoms with E-state index in [-0.39, 0.29) is 38.5 Å². The van der Waals surface area contributed by atoms with Gasteiger partial charge >= 0.3 is 12.1 Å². The molecule has 1 atom stereocenters. The molecular weight excluding hydrogens is 286 g/mol. The van der Waals surface area contributed by atoms with Crippen molar-refractivity contribution in [2.75, 3.05) is 32.2 Å². The summed E-state index contributed by atoms with van der Waals surface area (Å²) in [6, 6.07) is 0. The smallest absolute Gasteiger partial charge is 0.410 e. The molecule has 7 heteroatoms. The number of ketones is 1. The third kappa shape index (κ3) is 3.42. The second-order valence-corrected chi connectivity index (χ2v) is 4.95. The number of carbonyl (C=O) groups excluding carboxylic acids is 3. The Hall–Kier alpha value is -1.30. The first-order chi connectivity index (χ1) is 9.51. The van der Waals surface area contributed by atoms with Crippen molar-refractivity contribution in [3.8, 4) is 0 Å². The van der Waals surface area contributed by atoms with Crippen LogP contribution in [0.2, 0.25) is 0 Å². The Bertz CT molecular complexity index is 387. The number of Topliss-reactive ketones (excluding diaryl/α,β-unsaturated/α-hetero) is 1. The fourth-order valence-corrected chi connectivity index (χ4v) is 2.41. The molecule has 114 valence electrons. The van der Waals surface area contributed by atoms with Gasteiger partial charge in [-0.2, -0.15) is 0 Å². The minimum absolute atomic E-state index is 0.000386. The van der Waals surface area contributed by atoms with E-state index < -0.39 is 17.5 Å². The van der Waals surface area contributed by atoms with Gasteiger partial charge in [-0.05, 0) is 26.7 Å². The molecule has 0 bridgehead atoms. The van der Waals surface area contributed by atoms with Gasteiger partial charge in [-0.3, -0.25) is 14.5 Å². The van der Waals surface area contributed by atoms with E-state index in [0.29, 0.717) is 12.3 Å². The molecule has 0 spiro atoms. The van der Waals surface area contributed by atoms with Crippen LogP contribution in [0.3, 0.4) is 0 Å². The van der Waals surface area contributed by atoms with Gasteiger partial charge in [0.2, 0.25) is 0 Å². The summed E-state index contributed by atoms with van der Waals surface area (Å²) in [4.78, 5) is 37.3. The highest BCUT2D eigenvalue weighted by Gasteiger charge is 2.54. The summed E-state index contributed by atoms with van der Waals surface area (Å²) in [6.45, 7) is 3.64. The molecule has 0 aromatic rings. The third-order valence-electron chi connectivity index (χ3n) is 3.26. The van der Waals surface area contributed by atoms with E-state index in [1.807, 2.05) is 0 Å². The van der Waals surface area contributed by atoms with E-state index >= 15 is 0 Å². The number of nitrogens with zero attached hydrogens (tertiary/aromatic N) is 1. The first-order valence-corrected chi connectivity index (χ1v) is 7.23. The van der Waals surface area contributed by atoms with Gasteiger partial charge in [0.1, 0.15) is 5.41 Å². The Kier molecular flexibility index (Phi) is 6.26. The van der Waals surface area contributed by atoms with Gasteiger partial charge in [0, 0.05) is 12.4 Å². The lowest BCUT2D eigenvalue weighted by Crippen LogP contribution is -2.41. The van der Waals surface area contributed by atoms with Gasteiger partial charge in [-0.1, -0.05) is 0 Å². The van der Waals surface area contributed by atoms with E-state index in [4.69, 9.17) is 21.1 Å². The quantitative estimate of drug-likeness (QED) is 0.423. The number of hydrogen-bond donors (Lipinski definition) is 0. The van der Waals surface area contributed by atoms with Gasteiger partial charge in [-0.25, -0.2) is 4.79 Å². The van der Waals surface area contributed by atoms with Crippen molar-refractivity contribution in [3.63, 3.8) is 0 Å². The van der Waals surface area contributed by atoms with Gasteiger partial charge in [0.15, 0.2) is 5.78 Å². The Morgan fingerprint density at radius 1 is 1.30 bits per heavy atom. The van der Waals surface area contributed by atoms with Crippen LogP contribution < -0.4 is 0 Å². The monoisotopic (exact) mass is 305 g/mol. The van der Waals surface area contributed by atoms with E-state index in [2.05, 4.69) is 0 Å². The van der Waals surface area contributed by atoms with Crippen LogP contribution in [0.25, 0.3) is 0 Å². The predicted octanol–water partition coefficient (Wildman–Crippen LogP) is 1.60. The molecule has 0 aliphatic carbocycles. The Morgan fingerprint density at radius 3 is 2.50 bits per heavy atom.